The molecule has 39 heavy (non-hydrogen) atoms. The molecule has 3 aliphatic rings. The predicted molar refractivity (Wildman–Crippen MR) is 142 cm³/mol. The number of Topliss-reactive ketones (excluding diaryl/α,β-unsaturated/α-hetero) is 2. The minimum atomic E-state index is -0.932. The Morgan fingerprint density at radius 1 is 1.03 bits per heavy atom. The number of nitrogens with zero attached hydrogens (tertiary/aromatic N) is 1. The molecule has 2 aromatic rings. The third kappa shape index (κ3) is 5.30. The van der Waals surface area contributed by atoms with Crippen LogP contribution in [0.4, 0.5) is 4.39 Å². The molecule has 9 heteroatoms. The van der Waals surface area contributed by atoms with Crippen LogP contribution in [0.25, 0.3) is 0 Å². The van der Waals surface area contributed by atoms with E-state index in [1.807, 2.05) is 4.90 Å². The second-order valence-electron chi connectivity index (χ2n) is 9.95. The zero-order chi connectivity index (χ0) is 27.7. The van der Waals surface area contributed by atoms with E-state index in [0.717, 1.165) is 17.0 Å². The Balaban J connectivity index is 1.58. The summed E-state index contributed by atoms with van der Waals surface area (Å²) >= 11 is 6.72. The lowest BCUT2D eigenvalue weighted by Gasteiger charge is -2.44. The number of ether oxygens (including phenoxy) is 2. The van der Waals surface area contributed by atoms with Gasteiger partial charge in [-0.3, -0.25) is 14.4 Å². The molecule has 2 aromatic carbocycles. The van der Waals surface area contributed by atoms with Gasteiger partial charge in [0.15, 0.2) is 23.1 Å². The minimum absolute atomic E-state index is 0.0433. The molecule has 0 saturated carbocycles. The number of hydrogen-bond acceptors (Lipinski definition) is 6. The zero-order valence-electron chi connectivity index (χ0n) is 21.6. The highest BCUT2D eigenvalue weighted by Crippen LogP contribution is 2.51. The van der Waals surface area contributed by atoms with Gasteiger partial charge in [0.05, 0.1) is 18.6 Å². The Hall–Kier alpha value is -3.65. The fourth-order valence-electron chi connectivity index (χ4n) is 5.81. The van der Waals surface area contributed by atoms with Crippen LogP contribution in [0.5, 0.6) is 11.5 Å². The average Bonchev–Trinajstić information content (AvgIpc) is 2.91. The van der Waals surface area contributed by atoms with Crippen molar-refractivity contribution in [1.82, 2.24) is 4.90 Å². The highest BCUT2D eigenvalue weighted by molar-refractivity contribution is 6.32. The van der Waals surface area contributed by atoms with Crippen LogP contribution in [0.15, 0.2) is 58.9 Å². The van der Waals surface area contributed by atoms with Crippen LogP contribution in [-0.2, 0) is 21.0 Å². The summed E-state index contributed by atoms with van der Waals surface area (Å²) in [7, 11) is 1.49. The predicted octanol–water partition coefficient (Wildman–Crippen LogP) is 5.95. The van der Waals surface area contributed by atoms with Crippen LogP contribution in [0.2, 0.25) is 5.02 Å². The first kappa shape index (κ1) is 26.9. The molecule has 0 amide bonds. The molecule has 204 valence electrons. The molecule has 1 heterocycles. The molecular formula is C30H29ClFNO6. The number of carboxylic acids is 1. The molecule has 0 bridgehead atoms. The van der Waals surface area contributed by atoms with Crippen molar-refractivity contribution >= 4 is 29.1 Å². The van der Waals surface area contributed by atoms with Gasteiger partial charge in [0.2, 0.25) is 0 Å². The first-order valence-corrected chi connectivity index (χ1v) is 13.4. The van der Waals surface area contributed by atoms with Gasteiger partial charge >= 0.3 is 5.97 Å². The quantitative estimate of drug-likeness (QED) is 0.431. The maximum absolute atomic E-state index is 13.4. The van der Waals surface area contributed by atoms with Gasteiger partial charge in [0, 0.05) is 47.8 Å². The smallest absolute Gasteiger partial charge is 0.305 e. The number of carboxylic acid groups (broad SMARTS) is 1. The van der Waals surface area contributed by atoms with Gasteiger partial charge in [-0.1, -0.05) is 23.7 Å². The SMILES string of the molecule is COc1cc(C2C3=C(CCCC3=O)N(CCC(=O)O)C3=C2C(=O)CCC3)cc(Cl)c1OCc1ccc(F)cc1. The molecule has 0 saturated heterocycles. The van der Waals surface area contributed by atoms with E-state index in [0.29, 0.717) is 66.7 Å². The monoisotopic (exact) mass is 553 g/mol. The lowest BCUT2D eigenvalue weighted by molar-refractivity contribution is -0.137. The van der Waals surface area contributed by atoms with E-state index in [1.165, 1.54) is 19.2 Å². The average molecular weight is 554 g/mol. The summed E-state index contributed by atoms with van der Waals surface area (Å²) in [6.07, 6.45) is 3.24. The summed E-state index contributed by atoms with van der Waals surface area (Å²) in [6, 6.07) is 9.40. The largest absolute Gasteiger partial charge is 0.493 e. The zero-order valence-corrected chi connectivity index (χ0v) is 22.4. The Morgan fingerprint density at radius 2 is 1.64 bits per heavy atom. The molecule has 0 aromatic heterocycles. The molecule has 0 atom stereocenters. The second-order valence-corrected chi connectivity index (χ2v) is 10.4. The maximum Gasteiger partial charge on any atom is 0.305 e. The lowest BCUT2D eigenvalue weighted by Crippen LogP contribution is -2.39. The van der Waals surface area contributed by atoms with E-state index in [2.05, 4.69) is 0 Å². The van der Waals surface area contributed by atoms with Crippen LogP contribution in [-0.4, -0.2) is 41.2 Å². The topological polar surface area (TPSA) is 93.1 Å². The van der Waals surface area contributed by atoms with Gasteiger partial charge in [-0.05, 0) is 61.1 Å². The summed E-state index contributed by atoms with van der Waals surface area (Å²) in [6.45, 7) is 0.347. The Labute approximate surface area is 230 Å². The van der Waals surface area contributed by atoms with E-state index in [-0.39, 0.29) is 42.0 Å². The molecule has 2 aliphatic carbocycles. The number of halogens is 2. The minimum Gasteiger partial charge on any atom is -0.493 e. The van der Waals surface area contributed by atoms with Gasteiger partial charge in [0.25, 0.3) is 0 Å². The van der Waals surface area contributed by atoms with E-state index in [1.54, 1.807) is 24.3 Å². The second kappa shape index (κ2) is 11.2. The van der Waals surface area contributed by atoms with Crippen molar-refractivity contribution in [1.29, 1.82) is 0 Å². The number of carbonyl (C=O) groups excluding carboxylic acids is 2. The van der Waals surface area contributed by atoms with E-state index in [9.17, 15) is 23.9 Å². The number of benzene rings is 2. The standard InChI is InChI=1S/C30H29ClFNO6/c1-38-25-15-18(14-20(31)30(25)39-16-17-8-10-19(32)11-9-17)27-28-21(4-2-6-23(28)34)33(13-12-26(36)37)22-5-3-7-24(35)29(22)27/h8-11,14-15,27H,2-7,12-13,16H2,1H3,(H,36,37). The summed E-state index contributed by atoms with van der Waals surface area (Å²) in [4.78, 5) is 40.2. The van der Waals surface area contributed by atoms with Crippen LogP contribution >= 0.6 is 11.6 Å². The van der Waals surface area contributed by atoms with Crippen molar-refractivity contribution in [3.8, 4) is 11.5 Å². The van der Waals surface area contributed by atoms with Crippen molar-refractivity contribution in [2.75, 3.05) is 13.7 Å². The molecule has 0 radical (unpaired) electrons. The fourth-order valence-corrected chi connectivity index (χ4v) is 6.08. The van der Waals surface area contributed by atoms with Crippen LogP contribution in [0.3, 0.4) is 0 Å². The fraction of sp³-hybridized carbons (Fsp3) is 0.367. The van der Waals surface area contributed by atoms with E-state index >= 15 is 0 Å². The van der Waals surface area contributed by atoms with E-state index < -0.39 is 11.9 Å². The maximum atomic E-state index is 13.4. The highest BCUT2D eigenvalue weighted by Gasteiger charge is 2.43. The Bertz CT molecular complexity index is 1350. The number of carbonyl (C=O) groups is 3. The van der Waals surface area contributed by atoms with Crippen LogP contribution in [0, 0.1) is 5.82 Å². The molecule has 1 N–H and O–H groups in total. The van der Waals surface area contributed by atoms with E-state index in [4.69, 9.17) is 21.1 Å². The Morgan fingerprint density at radius 3 is 2.21 bits per heavy atom. The number of methoxy groups -OCH3 is 1. The van der Waals surface area contributed by atoms with Crippen LogP contribution in [0.1, 0.15) is 62.0 Å². The van der Waals surface area contributed by atoms with Crippen LogP contribution < -0.4 is 9.47 Å². The number of hydrogen-bond donors (Lipinski definition) is 1. The summed E-state index contributed by atoms with van der Waals surface area (Å²) in [5.41, 5.74) is 4.08. The van der Waals surface area contributed by atoms with Crippen molar-refractivity contribution in [2.45, 2.75) is 57.5 Å². The number of aliphatic carboxylic acids is 1. The first-order chi connectivity index (χ1) is 18.8. The first-order valence-electron chi connectivity index (χ1n) is 13.0. The third-order valence-corrected chi connectivity index (χ3v) is 7.80. The van der Waals surface area contributed by atoms with Gasteiger partial charge < -0.3 is 19.5 Å². The lowest BCUT2D eigenvalue weighted by atomic mass is 9.71. The summed E-state index contributed by atoms with van der Waals surface area (Å²) in [5.74, 6) is -1.32. The van der Waals surface area contributed by atoms with Gasteiger partial charge in [-0.15, -0.1) is 0 Å². The summed E-state index contributed by atoms with van der Waals surface area (Å²) < 4.78 is 24.9. The summed E-state index contributed by atoms with van der Waals surface area (Å²) in [5, 5.41) is 9.62. The van der Waals surface area contributed by atoms with Crippen molar-refractivity contribution in [3.05, 3.63) is 80.9 Å². The molecule has 0 spiro atoms. The molecule has 7 nitrogen and oxygen atoms in total. The number of rotatable bonds is 8. The molecule has 0 unspecified atom stereocenters. The van der Waals surface area contributed by atoms with Crippen molar-refractivity contribution in [2.24, 2.45) is 0 Å². The number of allylic oxidation sites excluding steroid dienone is 4. The molecule has 1 aliphatic heterocycles. The highest BCUT2D eigenvalue weighted by atomic mass is 35.5. The third-order valence-electron chi connectivity index (χ3n) is 7.52. The van der Waals surface area contributed by atoms with Crippen molar-refractivity contribution in [3.63, 3.8) is 0 Å². The van der Waals surface area contributed by atoms with Gasteiger partial charge in [-0.25, -0.2) is 4.39 Å². The molecular weight excluding hydrogens is 525 g/mol. The number of ketones is 2. The van der Waals surface area contributed by atoms with Gasteiger partial charge in [0.1, 0.15) is 12.4 Å². The van der Waals surface area contributed by atoms with Crippen molar-refractivity contribution < 1.29 is 33.4 Å². The Kier molecular flexibility index (Phi) is 7.75. The molecule has 5 rings (SSSR count). The van der Waals surface area contributed by atoms with Gasteiger partial charge in [-0.2, -0.15) is 0 Å². The normalized spacial score (nSPS) is 17.8. The molecule has 0 fully saturated rings.